The van der Waals surface area contributed by atoms with Gasteiger partial charge in [0, 0.05) is 27.7 Å². The Hall–Kier alpha value is -2.55. The van der Waals surface area contributed by atoms with Crippen LogP contribution >= 0.6 is 0 Å². The summed E-state index contributed by atoms with van der Waals surface area (Å²) in [6.07, 6.45) is 4.35. The molecule has 0 saturated carbocycles. The summed E-state index contributed by atoms with van der Waals surface area (Å²) in [5.41, 5.74) is 4.75. The van der Waals surface area contributed by atoms with Crippen molar-refractivity contribution in [2.45, 2.75) is 27.3 Å². The first-order valence-electron chi connectivity index (χ1n) is 7.66. The van der Waals surface area contributed by atoms with Crippen LogP contribution in [-0.2, 0) is 6.54 Å². The second-order valence-electron chi connectivity index (χ2n) is 5.96. The monoisotopic (exact) mass is 291 g/mol. The Morgan fingerprint density at radius 3 is 2.64 bits per heavy atom. The molecular formula is C19H19N2O+. The second-order valence-corrected chi connectivity index (χ2v) is 5.96. The molecule has 3 heteroatoms. The van der Waals surface area contributed by atoms with Crippen LogP contribution in [0, 0.1) is 13.8 Å². The number of nitrogens with one attached hydrogen (secondary N) is 1. The lowest BCUT2D eigenvalue weighted by molar-refractivity contribution is -0.692. The van der Waals surface area contributed by atoms with E-state index in [1.807, 2.05) is 12.1 Å². The molecule has 4 rings (SSSR count). The summed E-state index contributed by atoms with van der Waals surface area (Å²) in [6, 6.07) is 7.72. The molecule has 110 valence electrons. The van der Waals surface area contributed by atoms with E-state index in [2.05, 4.69) is 48.8 Å². The molecule has 4 aromatic rings. The maximum atomic E-state index is 9.85. The summed E-state index contributed by atoms with van der Waals surface area (Å²) in [7, 11) is 0. The molecule has 0 aliphatic rings. The number of phenolic OH excluding ortho intramolecular Hbond substituents is 1. The number of pyridine rings is 1. The molecule has 2 N–H and O–H groups in total. The quantitative estimate of drug-likeness (QED) is 0.509. The van der Waals surface area contributed by atoms with Crippen molar-refractivity contribution in [3.63, 3.8) is 0 Å². The smallest absolute Gasteiger partial charge is 0.176 e. The molecule has 2 heterocycles. The fourth-order valence-corrected chi connectivity index (χ4v) is 3.48. The largest absolute Gasteiger partial charge is 0.508 e. The van der Waals surface area contributed by atoms with Crippen LogP contribution in [0.1, 0.15) is 18.1 Å². The number of H-pyrrole nitrogens is 1. The fraction of sp³-hybridized carbons (Fsp3) is 0.211. The van der Waals surface area contributed by atoms with Crippen molar-refractivity contribution in [2.24, 2.45) is 0 Å². The van der Waals surface area contributed by atoms with Crippen molar-refractivity contribution in [3.05, 3.63) is 47.8 Å². The Bertz CT molecular complexity index is 1040. The van der Waals surface area contributed by atoms with Gasteiger partial charge in [0.2, 0.25) is 0 Å². The van der Waals surface area contributed by atoms with E-state index >= 15 is 0 Å². The molecule has 0 atom stereocenters. The minimum Gasteiger partial charge on any atom is -0.508 e. The first-order chi connectivity index (χ1) is 10.6. The summed E-state index contributed by atoms with van der Waals surface area (Å²) >= 11 is 0. The molecule has 3 nitrogen and oxygen atoms in total. The van der Waals surface area contributed by atoms with E-state index in [1.54, 1.807) is 6.07 Å². The summed E-state index contributed by atoms with van der Waals surface area (Å²) in [5, 5.41) is 14.7. The van der Waals surface area contributed by atoms with Crippen LogP contribution in [0.4, 0.5) is 0 Å². The van der Waals surface area contributed by atoms with Crippen LogP contribution in [-0.4, -0.2) is 10.1 Å². The Morgan fingerprint density at radius 1 is 1.05 bits per heavy atom. The minimum atomic E-state index is 0.308. The van der Waals surface area contributed by atoms with Gasteiger partial charge in [-0.15, -0.1) is 0 Å². The maximum absolute atomic E-state index is 9.85. The summed E-state index contributed by atoms with van der Waals surface area (Å²) < 4.78 is 2.20. The molecule has 0 radical (unpaired) electrons. The van der Waals surface area contributed by atoms with E-state index < -0.39 is 0 Å². The average Bonchev–Trinajstić information content (AvgIpc) is 2.91. The second kappa shape index (κ2) is 4.47. The molecule has 2 aromatic carbocycles. The number of nitrogens with zero attached hydrogens (tertiary/aromatic N) is 1. The lowest BCUT2D eigenvalue weighted by Gasteiger charge is -2.08. The predicted molar refractivity (Wildman–Crippen MR) is 90.3 cm³/mol. The number of phenols is 1. The zero-order valence-corrected chi connectivity index (χ0v) is 13.1. The van der Waals surface area contributed by atoms with Gasteiger partial charge >= 0.3 is 0 Å². The van der Waals surface area contributed by atoms with E-state index in [9.17, 15) is 5.11 Å². The van der Waals surface area contributed by atoms with E-state index in [0.717, 1.165) is 17.4 Å². The van der Waals surface area contributed by atoms with Gasteiger partial charge in [0.1, 0.15) is 12.3 Å². The number of aryl methyl sites for hydroxylation is 3. The van der Waals surface area contributed by atoms with Gasteiger partial charge in [-0.05, 0) is 55.5 Å². The third-order valence-electron chi connectivity index (χ3n) is 4.72. The molecule has 0 saturated heterocycles. The molecule has 0 bridgehead atoms. The highest BCUT2D eigenvalue weighted by molar-refractivity contribution is 6.16. The summed E-state index contributed by atoms with van der Waals surface area (Å²) in [4.78, 5) is 3.52. The average molecular weight is 291 g/mol. The Balaban J connectivity index is 2.27. The molecule has 2 aromatic heterocycles. The van der Waals surface area contributed by atoms with Gasteiger partial charge in [-0.1, -0.05) is 0 Å². The lowest BCUT2D eigenvalue weighted by atomic mass is 9.97. The topological polar surface area (TPSA) is 39.9 Å². The number of aromatic hydroxyl groups is 1. The van der Waals surface area contributed by atoms with Crippen molar-refractivity contribution >= 4 is 32.6 Å². The molecule has 22 heavy (non-hydrogen) atoms. The molecule has 0 aliphatic heterocycles. The van der Waals surface area contributed by atoms with Gasteiger partial charge in [0.05, 0.1) is 5.52 Å². The van der Waals surface area contributed by atoms with Crippen LogP contribution in [0.15, 0.2) is 36.7 Å². The van der Waals surface area contributed by atoms with E-state index in [1.165, 1.54) is 32.8 Å². The van der Waals surface area contributed by atoms with Gasteiger partial charge in [-0.3, -0.25) is 0 Å². The van der Waals surface area contributed by atoms with E-state index in [-0.39, 0.29) is 0 Å². The van der Waals surface area contributed by atoms with Crippen LogP contribution in [0.25, 0.3) is 32.6 Å². The van der Waals surface area contributed by atoms with Gasteiger partial charge < -0.3 is 10.1 Å². The van der Waals surface area contributed by atoms with Crippen molar-refractivity contribution in [1.82, 2.24) is 4.98 Å². The normalized spacial score (nSPS) is 11.8. The molecule has 0 aliphatic carbocycles. The van der Waals surface area contributed by atoms with Crippen molar-refractivity contribution < 1.29 is 9.67 Å². The standard InChI is InChI=1S/C19H18N2O/c1-4-21-8-7-14-12(3)19-18(11(2)16(14)10-21)15-9-13(22)5-6-17(15)20-19/h5-10,22H,4H2,1-3H3/p+1. The number of fused-ring (bicyclic) bond motifs is 4. The van der Waals surface area contributed by atoms with E-state index in [0.29, 0.717) is 5.75 Å². The number of hydrogen-bond acceptors (Lipinski definition) is 1. The van der Waals surface area contributed by atoms with Crippen LogP contribution in [0.5, 0.6) is 5.75 Å². The van der Waals surface area contributed by atoms with Gasteiger partial charge in [-0.2, -0.15) is 0 Å². The maximum Gasteiger partial charge on any atom is 0.176 e. The first kappa shape index (κ1) is 13.1. The number of rotatable bonds is 1. The zero-order chi connectivity index (χ0) is 15.4. The number of aromatic nitrogens is 2. The van der Waals surface area contributed by atoms with Gasteiger partial charge in [0.25, 0.3) is 0 Å². The Kier molecular flexibility index (Phi) is 2.67. The molecule has 0 spiro atoms. The minimum absolute atomic E-state index is 0.308. The third kappa shape index (κ3) is 1.65. The highest BCUT2D eigenvalue weighted by atomic mass is 16.3. The van der Waals surface area contributed by atoms with Crippen molar-refractivity contribution in [3.8, 4) is 5.75 Å². The van der Waals surface area contributed by atoms with Crippen molar-refractivity contribution in [1.29, 1.82) is 0 Å². The highest BCUT2D eigenvalue weighted by Gasteiger charge is 2.16. The van der Waals surface area contributed by atoms with Crippen LogP contribution in [0.3, 0.4) is 0 Å². The highest BCUT2D eigenvalue weighted by Crippen LogP contribution is 2.36. The first-order valence-corrected chi connectivity index (χ1v) is 7.66. The number of hydrogen-bond donors (Lipinski definition) is 2. The predicted octanol–water partition coefficient (Wildman–Crippen LogP) is 4.10. The zero-order valence-electron chi connectivity index (χ0n) is 13.1. The van der Waals surface area contributed by atoms with Gasteiger partial charge in [0.15, 0.2) is 12.4 Å². The van der Waals surface area contributed by atoms with E-state index in [4.69, 9.17) is 0 Å². The van der Waals surface area contributed by atoms with Crippen LogP contribution < -0.4 is 4.57 Å². The molecule has 0 unspecified atom stereocenters. The molecule has 0 fully saturated rings. The third-order valence-corrected chi connectivity index (χ3v) is 4.72. The Morgan fingerprint density at radius 2 is 1.86 bits per heavy atom. The summed E-state index contributed by atoms with van der Waals surface area (Å²) in [6.45, 7) is 7.44. The molecular weight excluding hydrogens is 272 g/mol. The Labute approximate surface area is 128 Å². The van der Waals surface area contributed by atoms with Crippen LogP contribution in [0.2, 0.25) is 0 Å². The summed E-state index contributed by atoms with van der Waals surface area (Å²) in [5.74, 6) is 0.308. The SMILES string of the molecule is CC[n+]1ccc2c(C)c3[nH]c4ccc(O)cc4c3c(C)c2c1. The fourth-order valence-electron chi connectivity index (χ4n) is 3.48. The number of benzene rings is 2. The van der Waals surface area contributed by atoms with Crippen molar-refractivity contribution in [2.75, 3.05) is 0 Å². The lowest BCUT2D eigenvalue weighted by Crippen LogP contribution is -2.30. The number of aromatic amines is 1. The van der Waals surface area contributed by atoms with Gasteiger partial charge in [-0.25, -0.2) is 4.57 Å². The molecule has 0 amide bonds.